The third-order valence-electron chi connectivity index (χ3n) is 10.7. The fraction of sp³-hybridized carbons (Fsp3) is 0.383. The lowest BCUT2D eigenvalue weighted by Gasteiger charge is -2.00. The van der Waals surface area contributed by atoms with Gasteiger partial charge in [0.2, 0.25) is 0 Å². The van der Waals surface area contributed by atoms with E-state index in [4.69, 9.17) is 23.4 Å². The lowest BCUT2D eigenvalue weighted by atomic mass is 10.1. The number of aryl methyl sites for hydroxylation is 3. The molecule has 0 bridgehead atoms. The molecule has 0 fully saturated rings. The molecule has 14 heteroatoms. The number of ether oxygens (including phenoxy) is 4. The largest absolute Gasteiger partial charge is 0.472 e. The third kappa shape index (κ3) is 30.3. The average molecular weight is 1020 g/mol. The summed E-state index contributed by atoms with van der Waals surface area (Å²) in [5.74, 6) is 0.0214. The molecular weight excluding hydrogens is 941 g/mol. The first-order valence-electron chi connectivity index (χ1n) is 24.4. The van der Waals surface area contributed by atoms with Crippen molar-refractivity contribution < 1.29 is 56.9 Å². The molecule has 0 aromatic carbocycles. The fourth-order valence-corrected chi connectivity index (χ4v) is 5.94. The molecule has 0 N–H and O–H groups in total. The van der Waals surface area contributed by atoms with Crippen molar-refractivity contribution in [3.05, 3.63) is 178 Å². The number of Topliss-reactive ketones (excluding diaryl/α,β-unsaturated/α-hetero) is 1. The van der Waals surface area contributed by atoms with Crippen LogP contribution in [-0.4, -0.2) is 75.6 Å². The molecule has 0 saturated carbocycles. The molecular formula is C60H76N2O12. The molecule has 3 aromatic rings. The Hall–Kier alpha value is -7.61. The summed E-state index contributed by atoms with van der Waals surface area (Å²) >= 11 is 0. The molecule has 0 spiro atoms. The number of pyridine rings is 2. The van der Waals surface area contributed by atoms with Crippen LogP contribution >= 0.6 is 0 Å². The zero-order chi connectivity index (χ0) is 55.8. The van der Waals surface area contributed by atoms with Gasteiger partial charge in [-0.1, -0.05) is 35.4 Å². The molecule has 14 nitrogen and oxygen atoms in total. The molecule has 398 valence electrons. The highest BCUT2D eigenvalue weighted by atomic mass is 16.6. The van der Waals surface area contributed by atoms with Gasteiger partial charge in [-0.2, -0.15) is 0 Å². The monoisotopic (exact) mass is 1020 g/mol. The Balaban J connectivity index is 0.000000412. The Morgan fingerprint density at radius 3 is 1.23 bits per heavy atom. The molecule has 0 unspecified atom stereocenters. The van der Waals surface area contributed by atoms with E-state index >= 15 is 0 Å². The number of carbonyl (C=O) groups excluding carboxylic acids is 7. The lowest BCUT2D eigenvalue weighted by molar-refractivity contribution is -0.139. The number of nitrogens with zero attached hydrogens (tertiary/aromatic N) is 2. The van der Waals surface area contributed by atoms with E-state index in [1.165, 1.54) is 40.0 Å². The molecule has 4 aliphatic heterocycles. The van der Waals surface area contributed by atoms with E-state index in [1.54, 1.807) is 57.1 Å². The van der Waals surface area contributed by atoms with Gasteiger partial charge >= 0.3 is 23.9 Å². The van der Waals surface area contributed by atoms with E-state index < -0.39 is 0 Å². The first-order chi connectivity index (χ1) is 34.9. The summed E-state index contributed by atoms with van der Waals surface area (Å²) in [5.41, 5.74) is 10.5. The second kappa shape index (κ2) is 35.5. The number of allylic oxidation sites excluding steroid dienone is 8. The molecule has 0 radical (unpaired) electrons. The number of cyclic esters (lactones) is 4. The maximum Gasteiger partial charge on any atom is 0.334 e. The summed E-state index contributed by atoms with van der Waals surface area (Å²) in [4.78, 5) is 80.8. The van der Waals surface area contributed by atoms with Gasteiger partial charge in [0, 0.05) is 67.3 Å². The summed E-state index contributed by atoms with van der Waals surface area (Å²) in [7, 11) is 0. The van der Waals surface area contributed by atoms with E-state index in [-0.39, 0.29) is 59.9 Å². The number of carbonyl (C=O) groups is 7. The molecule has 7 aliphatic rings. The molecule has 7 heterocycles. The van der Waals surface area contributed by atoms with Crippen molar-refractivity contribution >= 4 is 41.2 Å². The second-order valence-electron chi connectivity index (χ2n) is 18.0. The summed E-state index contributed by atoms with van der Waals surface area (Å²) in [6.07, 6.45) is 30.3. The number of ketones is 3. The fourth-order valence-electron chi connectivity index (χ4n) is 5.94. The van der Waals surface area contributed by atoms with Crippen molar-refractivity contribution in [2.75, 3.05) is 0 Å². The molecule has 3 aliphatic carbocycles. The van der Waals surface area contributed by atoms with E-state index in [1.807, 2.05) is 150 Å². The van der Waals surface area contributed by atoms with E-state index in [2.05, 4.69) is 9.97 Å². The Morgan fingerprint density at radius 2 is 1.07 bits per heavy atom. The third-order valence-corrected chi connectivity index (χ3v) is 10.7. The van der Waals surface area contributed by atoms with Crippen LogP contribution in [0, 0.1) is 20.8 Å². The predicted molar refractivity (Wildman–Crippen MR) is 287 cm³/mol. The van der Waals surface area contributed by atoms with Crippen LogP contribution in [-0.2, 0) is 52.5 Å². The van der Waals surface area contributed by atoms with Crippen molar-refractivity contribution in [2.24, 2.45) is 0 Å². The van der Waals surface area contributed by atoms with Crippen LogP contribution in [0.25, 0.3) is 0 Å². The van der Waals surface area contributed by atoms with Crippen LogP contribution in [0.15, 0.2) is 166 Å². The van der Waals surface area contributed by atoms with Crippen LogP contribution in [0.4, 0.5) is 0 Å². The van der Waals surface area contributed by atoms with Gasteiger partial charge in [0.25, 0.3) is 0 Å². The van der Waals surface area contributed by atoms with Crippen molar-refractivity contribution in [3.8, 4) is 0 Å². The zero-order valence-electron chi connectivity index (χ0n) is 45.7. The smallest absolute Gasteiger partial charge is 0.334 e. The van der Waals surface area contributed by atoms with Crippen LogP contribution in [0.5, 0.6) is 0 Å². The molecule has 10 rings (SSSR count). The average Bonchev–Trinajstić information content (AvgIpc) is 4.24. The van der Waals surface area contributed by atoms with Crippen molar-refractivity contribution in [2.45, 2.75) is 153 Å². The molecule has 0 saturated heterocycles. The maximum absolute atomic E-state index is 10.5. The summed E-state index contributed by atoms with van der Waals surface area (Å²) < 4.78 is 23.7. The minimum Gasteiger partial charge on any atom is -0.472 e. The molecule has 3 aromatic heterocycles. The number of furan rings is 1. The standard InChI is InChI=1S/C7H8O.2C6H7N.4C6H8O2.2C6H8O.C5H6O/c1-6-2-4-7(8)5-3-6;1-6-2-4-7-5-3-6;1-6-3-2-4-7-5-6;2*1-4-3-6(7)8-5(4)2;2*1-4-3-5(2)8-6(4)7;1-5-2-3-6(7)4-5;1-5-3-2-4-6(5)7;1-5-2-3-6-4-5/h2-4H,5H2,1H3;2*2-5H,1H3;4*3,5H,1-2H3;4H,2-3H2,1H3;3H,2,4H2,1H3;2-4H,1H3/t;;;4*5-;;;/m...1010.../s1. The highest BCUT2D eigenvalue weighted by Crippen LogP contribution is 2.15. The van der Waals surface area contributed by atoms with E-state index in [0.717, 1.165) is 53.5 Å². The van der Waals surface area contributed by atoms with Gasteiger partial charge in [-0.05, 0) is 192 Å². The summed E-state index contributed by atoms with van der Waals surface area (Å²) in [5, 5.41) is 0. The highest BCUT2D eigenvalue weighted by molar-refractivity contribution is 5.97. The molecule has 0 amide bonds. The lowest BCUT2D eigenvalue weighted by Crippen LogP contribution is -2.03. The maximum atomic E-state index is 10.5. The number of rotatable bonds is 0. The van der Waals surface area contributed by atoms with Crippen molar-refractivity contribution in [1.29, 1.82) is 0 Å². The van der Waals surface area contributed by atoms with Gasteiger partial charge in [-0.25, -0.2) is 19.2 Å². The minimum absolute atomic E-state index is 0.00231. The van der Waals surface area contributed by atoms with Gasteiger partial charge in [-0.3, -0.25) is 24.4 Å². The van der Waals surface area contributed by atoms with Gasteiger partial charge in [0.1, 0.15) is 24.4 Å². The van der Waals surface area contributed by atoms with Crippen LogP contribution in [0.3, 0.4) is 0 Å². The van der Waals surface area contributed by atoms with Crippen LogP contribution in [0.1, 0.15) is 125 Å². The molecule has 74 heavy (non-hydrogen) atoms. The normalized spacial score (nSPS) is 20.1. The number of aromatic nitrogens is 2. The first-order valence-corrected chi connectivity index (χ1v) is 24.4. The van der Waals surface area contributed by atoms with Gasteiger partial charge < -0.3 is 23.4 Å². The van der Waals surface area contributed by atoms with Gasteiger partial charge in [0.15, 0.2) is 17.3 Å². The SMILES string of the molecule is CC1=CC(=O)CC1.CC1=CC(=O)O[C@@H]1C.CC1=CC(=O)O[C@H]1C.CC1=CCC(=O)C=C1.CC1=CCCC1=O.CC1=C[C@@H](C)OC1=O.CC1=C[C@H](C)OC1=O.Cc1cccnc1.Cc1ccncc1.Cc1ccoc1. The number of hydrogen-bond acceptors (Lipinski definition) is 14. The van der Waals surface area contributed by atoms with E-state index in [0.29, 0.717) is 12.2 Å². The van der Waals surface area contributed by atoms with Gasteiger partial charge in [-0.15, -0.1) is 0 Å². The number of esters is 4. The van der Waals surface area contributed by atoms with E-state index in [9.17, 15) is 33.6 Å². The summed E-state index contributed by atoms with van der Waals surface area (Å²) in [6, 6.07) is 9.81. The number of hydrogen-bond donors (Lipinski definition) is 0. The van der Waals surface area contributed by atoms with Crippen LogP contribution in [0.2, 0.25) is 0 Å². The Kier molecular flexibility index (Phi) is 30.9. The topological polar surface area (TPSA) is 195 Å². The zero-order valence-corrected chi connectivity index (χ0v) is 45.7. The second-order valence-corrected chi connectivity index (χ2v) is 18.0. The predicted octanol–water partition coefficient (Wildman–Crippen LogP) is 11.9. The van der Waals surface area contributed by atoms with Crippen LogP contribution < -0.4 is 0 Å². The Labute approximate surface area is 438 Å². The molecule has 4 atom stereocenters. The minimum atomic E-state index is -0.213. The Morgan fingerprint density at radius 1 is 0.514 bits per heavy atom. The highest BCUT2D eigenvalue weighted by Gasteiger charge is 2.19. The van der Waals surface area contributed by atoms with Crippen molar-refractivity contribution in [3.63, 3.8) is 0 Å². The quantitative estimate of drug-likeness (QED) is 0.152. The van der Waals surface area contributed by atoms with Crippen molar-refractivity contribution in [1.82, 2.24) is 9.97 Å². The summed E-state index contributed by atoms with van der Waals surface area (Å²) in [6.45, 7) is 26.6. The van der Waals surface area contributed by atoms with Gasteiger partial charge in [0.05, 0.1) is 12.5 Å². The Bertz CT molecular complexity index is 2450. The first kappa shape index (κ1) is 64.4.